The first-order chi connectivity index (χ1) is 13.9. The highest BCUT2D eigenvalue weighted by atomic mass is 16.5. The number of benzene rings is 1. The van der Waals surface area contributed by atoms with Crippen molar-refractivity contribution in [2.45, 2.75) is 51.0 Å². The number of carboxylic acids is 1. The molecule has 1 aromatic rings. The quantitative estimate of drug-likeness (QED) is 0.740. The Bertz CT molecular complexity index is 812. The van der Waals surface area contributed by atoms with Gasteiger partial charge in [0.25, 0.3) is 0 Å². The summed E-state index contributed by atoms with van der Waals surface area (Å²) in [5, 5.41) is 8.89. The van der Waals surface area contributed by atoms with Gasteiger partial charge in [0.15, 0.2) is 23.8 Å². The molecule has 0 unspecified atom stereocenters. The number of rotatable bonds is 7. The van der Waals surface area contributed by atoms with Crippen LogP contribution in [-0.2, 0) is 20.9 Å². The molecule has 3 aliphatic heterocycles. The summed E-state index contributed by atoms with van der Waals surface area (Å²) in [6.45, 7) is 5.92. The van der Waals surface area contributed by atoms with Crippen LogP contribution in [0.3, 0.4) is 0 Å². The van der Waals surface area contributed by atoms with Crippen molar-refractivity contribution in [3.8, 4) is 11.5 Å². The number of likely N-dealkylation sites (tertiary alicyclic amines) is 1. The fourth-order valence-corrected chi connectivity index (χ4v) is 4.95. The number of amides is 1. The van der Waals surface area contributed by atoms with Gasteiger partial charge in [0.05, 0.1) is 25.8 Å². The lowest BCUT2D eigenvalue weighted by Gasteiger charge is -2.34. The maximum atomic E-state index is 12.8. The third kappa shape index (κ3) is 3.34. The van der Waals surface area contributed by atoms with Crippen LogP contribution in [0.25, 0.3) is 0 Å². The monoisotopic (exact) mass is 404 g/mol. The highest BCUT2D eigenvalue weighted by molar-refractivity contribution is 5.82. The summed E-state index contributed by atoms with van der Waals surface area (Å²) in [7, 11) is 1.52. The predicted molar refractivity (Wildman–Crippen MR) is 104 cm³/mol. The molecule has 0 aromatic heterocycles. The summed E-state index contributed by atoms with van der Waals surface area (Å²) in [4.78, 5) is 27.9. The van der Waals surface area contributed by atoms with E-state index in [1.54, 1.807) is 6.07 Å². The van der Waals surface area contributed by atoms with Gasteiger partial charge in [-0.15, -0.1) is 0 Å². The Balaban J connectivity index is 1.52. The van der Waals surface area contributed by atoms with Crippen molar-refractivity contribution in [1.29, 1.82) is 0 Å². The van der Waals surface area contributed by atoms with Crippen molar-refractivity contribution in [2.24, 2.45) is 5.92 Å². The summed E-state index contributed by atoms with van der Waals surface area (Å²) < 4.78 is 16.9. The van der Waals surface area contributed by atoms with E-state index in [0.717, 1.165) is 18.5 Å². The summed E-state index contributed by atoms with van der Waals surface area (Å²) in [6, 6.07) is 5.71. The van der Waals surface area contributed by atoms with Gasteiger partial charge in [0.2, 0.25) is 5.91 Å². The van der Waals surface area contributed by atoms with Gasteiger partial charge in [0, 0.05) is 25.9 Å². The smallest absolute Gasteiger partial charge is 0.341 e. The van der Waals surface area contributed by atoms with E-state index in [0.29, 0.717) is 37.0 Å². The van der Waals surface area contributed by atoms with Gasteiger partial charge in [-0.25, -0.2) is 4.79 Å². The number of carboxylic acid groups (broad SMARTS) is 1. The lowest BCUT2D eigenvalue weighted by atomic mass is 10.0. The Hall–Kier alpha value is -2.32. The lowest BCUT2D eigenvalue weighted by Crippen LogP contribution is -2.50. The van der Waals surface area contributed by atoms with E-state index < -0.39 is 18.3 Å². The van der Waals surface area contributed by atoms with Gasteiger partial charge in [-0.3, -0.25) is 9.69 Å². The molecule has 0 aliphatic carbocycles. The van der Waals surface area contributed by atoms with E-state index in [-0.39, 0.29) is 18.0 Å². The van der Waals surface area contributed by atoms with Crippen LogP contribution in [0.4, 0.5) is 0 Å². The molecule has 29 heavy (non-hydrogen) atoms. The van der Waals surface area contributed by atoms with Crippen LogP contribution in [0, 0.1) is 5.92 Å². The normalized spacial score (nSPS) is 28.7. The highest BCUT2D eigenvalue weighted by Crippen LogP contribution is 2.49. The number of carbonyl (C=O) groups excluding carboxylic acids is 1. The Morgan fingerprint density at radius 3 is 2.86 bits per heavy atom. The maximum Gasteiger partial charge on any atom is 0.341 e. The molecule has 0 radical (unpaired) electrons. The van der Waals surface area contributed by atoms with Crippen molar-refractivity contribution in [1.82, 2.24) is 9.80 Å². The van der Waals surface area contributed by atoms with Crippen LogP contribution in [-0.4, -0.2) is 71.5 Å². The van der Waals surface area contributed by atoms with Gasteiger partial charge < -0.3 is 24.2 Å². The van der Waals surface area contributed by atoms with Gasteiger partial charge in [-0.2, -0.15) is 0 Å². The summed E-state index contributed by atoms with van der Waals surface area (Å²) in [5.41, 5.74) is 0.480. The van der Waals surface area contributed by atoms with Gasteiger partial charge >= 0.3 is 5.97 Å². The topological polar surface area (TPSA) is 88.5 Å². The molecule has 158 valence electrons. The zero-order valence-corrected chi connectivity index (χ0v) is 17.1. The third-order valence-electron chi connectivity index (χ3n) is 6.33. The van der Waals surface area contributed by atoms with E-state index in [9.17, 15) is 9.59 Å². The maximum absolute atomic E-state index is 12.8. The summed E-state index contributed by atoms with van der Waals surface area (Å²) in [6.07, 6.45) is 1.28. The van der Waals surface area contributed by atoms with Crippen molar-refractivity contribution >= 4 is 11.9 Å². The molecule has 3 fully saturated rings. The standard InChI is InChI=1S/C21H28N2O6/c1-13(2)15-11-29-21-6-7-22(18(21)9-19(24)23(15)21)10-14-4-5-16(27-3)17(8-14)28-12-20(25)26/h4-5,8,13,15,18H,6-7,9-12H2,1-3H3,(H,25,26)/t15-,18+,21-/m0/s1. The summed E-state index contributed by atoms with van der Waals surface area (Å²) >= 11 is 0. The first kappa shape index (κ1) is 20.0. The Morgan fingerprint density at radius 1 is 1.38 bits per heavy atom. The number of nitrogens with zero attached hydrogens (tertiary/aromatic N) is 2. The molecular formula is C21H28N2O6. The van der Waals surface area contributed by atoms with Crippen LogP contribution >= 0.6 is 0 Å². The Labute approximate surface area is 170 Å². The second-order valence-electron chi connectivity index (χ2n) is 8.34. The highest BCUT2D eigenvalue weighted by Gasteiger charge is 2.64. The number of methoxy groups -OCH3 is 1. The van der Waals surface area contributed by atoms with E-state index in [1.807, 2.05) is 17.0 Å². The molecule has 1 aromatic carbocycles. The second kappa shape index (κ2) is 7.50. The van der Waals surface area contributed by atoms with E-state index >= 15 is 0 Å². The Morgan fingerprint density at radius 2 is 2.17 bits per heavy atom. The van der Waals surface area contributed by atoms with E-state index in [1.165, 1.54) is 7.11 Å². The molecular weight excluding hydrogens is 376 g/mol. The minimum absolute atomic E-state index is 0.0317. The Kier molecular flexibility index (Phi) is 5.16. The third-order valence-corrected chi connectivity index (χ3v) is 6.33. The summed E-state index contributed by atoms with van der Waals surface area (Å²) in [5.74, 6) is 0.399. The second-order valence-corrected chi connectivity index (χ2v) is 8.34. The van der Waals surface area contributed by atoms with E-state index in [4.69, 9.17) is 19.3 Å². The number of aliphatic carboxylic acids is 1. The average Bonchev–Trinajstić information content (AvgIpc) is 3.30. The van der Waals surface area contributed by atoms with Crippen molar-refractivity contribution in [3.05, 3.63) is 23.8 Å². The molecule has 3 aliphatic rings. The molecule has 1 spiro atoms. The van der Waals surface area contributed by atoms with Crippen LogP contribution < -0.4 is 9.47 Å². The first-order valence-electron chi connectivity index (χ1n) is 10.1. The minimum atomic E-state index is -1.04. The molecule has 4 rings (SSSR count). The number of hydrogen-bond donors (Lipinski definition) is 1. The van der Waals surface area contributed by atoms with Crippen LogP contribution in [0.5, 0.6) is 11.5 Å². The van der Waals surface area contributed by atoms with Crippen LogP contribution in [0.1, 0.15) is 32.3 Å². The number of hydrogen-bond acceptors (Lipinski definition) is 6. The van der Waals surface area contributed by atoms with Crippen LogP contribution in [0.2, 0.25) is 0 Å². The molecule has 0 saturated carbocycles. The van der Waals surface area contributed by atoms with Crippen LogP contribution in [0.15, 0.2) is 18.2 Å². The van der Waals surface area contributed by atoms with Gasteiger partial charge in [0.1, 0.15) is 0 Å². The molecule has 0 bridgehead atoms. The SMILES string of the molecule is COc1ccc(CN2CC[C@@]34OC[C@@H](C(C)C)N3C(=O)C[C@@H]24)cc1OCC(=O)O. The lowest BCUT2D eigenvalue weighted by molar-refractivity contribution is -0.140. The molecule has 8 heteroatoms. The number of carbonyl (C=O) groups is 2. The fourth-order valence-electron chi connectivity index (χ4n) is 4.95. The molecule has 8 nitrogen and oxygen atoms in total. The van der Waals surface area contributed by atoms with Gasteiger partial charge in [-0.1, -0.05) is 19.9 Å². The van der Waals surface area contributed by atoms with E-state index in [2.05, 4.69) is 18.7 Å². The number of ether oxygens (including phenoxy) is 3. The molecule has 1 amide bonds. The zero-order chi connectivity index (χ0) is 20.8. The van der Waals surface area contributed by atoms with Gasteiger partial charge in [-0.05, 0) is 23.6 Å². The largest absolute Gasteiger partial charge is 0.493 e. The van der Waals surface area contributed by atoms with Crippen molar-refractivity contribution < 1.29 is 28.9 Å². The molecule has 1 N–H and O–H groups in total. The zero-order valence-electron chi connectivity index (χ0n) is 17.1. The molecule has 3 heterocycles. The predicted octanol–water partition coefficient (Wildman–Crippen LogP) is 1.72. The molecule has 3 saturated heterocycles. The molecule has 3 atom stereocenters. The van der Waals surface area contributed by atoms with Crippen molar-refractivity contribution in [2.75, 3.05) is 26.9 Å². The minimum Gasteiger partial charge on any atom is -0.493 e. The first-order valence-corrected chi connectivity index (χ1v) is 10.1. The van der Waals surface area contributed by atoms with Crippen molar-refractivity contribution in [3.63, 3.8) is 0 Å². The fraction of sp³-hybridized carbons (Fsp3) is 0.619. The average molecular weight is 404 g/mol.